The fourth-order valence-corrected chi connectivity index (χ4v) is 2.38. The van der Waals surface area contributed by atoms with E-state index in [4.69, 9.17) is 0 Å². The molecular weight excluding hydrogens is 252 g/mol. The molecule has 5 nitrogen and oxygen atoms in total. The molecule has 20 heavy (non-hydrogen) atoms. The Morgan fingerprint density at radius 2 is 2.10 bits per heavy atom. The van der Waals surface area contributed by atoms with Gasteiger partial charge in [-0.15, -0.1) is 0 Å². The third-order valence-electron chi connectivity index (χ3n) is 3.34. The molecule has 0 fully saturated rings. The molecule has 0 aliphatic rings. The summed E-state index contributed by atoms with van der Waals surface area (Å²) in [6.07, 6.45) is 4.99. The maximum absolute atomic E-state index is 12.0. The van der Waals surface area contributed by atoms with Crippen molar-refractivity contribution in [2.24, 2.45) is 7.05 Å². The number of aryl methyl sites for hydroxylation is 1. The second-order valence-corrected chi connectivity index (χ2v) is 4.53. The van der Waals surface area contributed by atoms with Gasteiger partial charge in [0.05, 0.1) is 11.3 Å². The molecule has 3 aromatic rings. The zero-order chi connectivity index (χ0) is 14.1. The molecule has 1 aromatic carbocycles. The average Bonchev–Trinajstić information content (AvgIpc) is 2.84. The Morgan fingerprint density at radius 1 is 1.30 bits per heavy atom. The van der Waals surface area contributed by atoms with E-state index in [2.05, 4.69) is 15.3 Å². The summed E-state index contributed by atoms with van der Waals surface area (Å²) in [5.41, 5.74) is 3.16. The topological polar surface area (TPSA) is 59.8 Å². The molecule has 0 saturated heterocycles. The number of nitrogens with zero attached hydrogens (tertiary/aromatic N) is 3. The molecule has 100 valence electrons. The van der Waals surface area contributed by atoms with Crippen molar-refractivity contribution in [2.75, 3.05) is 7.05 Å². The van der Waals surface area contributed by atoms with E-state index >= 15 is 0 Å². The number of nitrogens with one attached hydrogen (secondary N) is 1. The minimum Gasteiger partial charge on any atom is -0.355 e. The van der Waals surface area contributed by atoms with Crippen LogP contribution in [0, 0.1) is 0 Å². The molecule has 2 heterocycles. The van der Waals surface area contributed by atoms with Crippen LogP contribution in [0.3, 0.4) is 0 Å². The predicted octanol–water partition coefficient (Wildman–Crippen LogP) is 1.99. The van der Waals surface area contributed by atoms with Crippen LogP contribution in [0.1, 0.15) is 10.4 Å². The zero-order valence-electron chi connectivity index (χ0n) is 11.3. The van der Waals surface area contributed by atoms with Gasteiger partial charge >= 0.3 is 0 Å². The Kier molecular flexibility index (Phi) is 2.95. The number of rotatable bonds is 2. The Morgan fingerprint density at radius 3 is 2.90 bits per heavy atom. The lowest BCUT2D eigenvalue weighted by Gasteiger charge is -2.05. The summed E-state index contributed by atoms with van der Waals surface area (Å²) in [5, 5.41) is 3.69. The molecule has 1 amide bonds. The number of fused-ring (bicyclic) bond motifs is 1. The van der Waals surface area contributed by atoms with E-state index in [9.17, 15) is 4.79 Å². The molecule has 0 atom stereocenters. The summed E-state index contributed by atoms with van der Waals surface area (Å²) in [4.78, 5) is 20.2. The molecule has 0 aliphatic carbocycles. The van der Waals surface area contributed by atoms with Crippen molar-refractivity contribution < 1.29 is 4.79 Å². The summed E-state index contributed by atoms with van der Waals surface area (Å²) in [7, 11) is 3.58. The van der Waals surface area contributed by atoms with Crippen molar-refractivity contribution in [3.05, 3.63) is 48.5 Å². The third kappa shape index (κ3) is 1.84. The van der Waals surface area contributed by atoms with Crippen LogP contribution in [0.15, 0.2) is 43.0 Å². The van der Waals surface area contributed by atoms with Gasteiger partial charge in [-0.25, -0.2) is 9.97 Å². The molecule has 1 N–H and O–H groups in total. The van der Waals surface area contributed by atoms with Gasteiger partial charge in [-0.2, -0.15) is 0 Å². The first-order chi connectivity index (χ1) is 9.72. The monoisotopic (exact) mass is 266 g/mol. The number of hydrogen-bond donors (Lipinski definition) is 1. The van der Waals surface area contributed by atoms with Gasteiger partial charge in [0, 0.05) is 43.0 Å². The summed E-state index contributed by atoms with van der Waals surface area (Å²) in [6, 6.07) is 8.04. The molecule has 0 radical (unpaired) electrons. The van der Waals surface area contributed by atoms with E-state index in [1.807, 2.05) is 42.1 Å². The third-order valence-corrected chi connectivity index (χ3v) is 3.34. The smallest absolute Gasteiger partial charge is 0.254 e. The molecule has 3 rings (SSSR count). The molecule has 0 aliphatic heterocycles. The number of para-hydroxylation sites is 1. The highest BCUT2D eigenvalue weighted by atomic mass is 16.1. The SMILES string of the molecule is CNC(=O)c1cncnc1-c1cn(C)c2ccccc12. The van der Waals surface area contributed by atoms with Gasteiger partial charge < -0.3 is 9.88 Å². The highest BCUT2D eigenvalue weighted by Gasteiger charge is 2.17. The molecule has 0 bridgehead atoms. The quantitative estimate of drug-likeness (QED) is 0.771. The normalized spacial score (nSPS) is 10.7. The van der Waals surface area contributed by atoms with Crippen LogP contribution in [0.25, 0.3) is 22.2 Å². The van der Waals surface area contributed by atoms with E-state index in [1.165, 1.54) is 6.33 Å². The van der Waals surface area contributed by atoms with Crippen LogP contribution in [-0.2, 0) is 7.05 Å². The van der Waals surface area contributed by atoms with E-state index in [0.29, 0.717) is 11.3 Å². The lowest BCUT2D eigenvalue weighted by Crippen LogP contribution is -2.19. The molecule has 0 unspecified atom stereocenters. The first-order valence-corrected chi connectivity index (χ1v) is 6.29. The first-order valence-electron chi connectivity index (χ1n) is 6.29. The Bertz CT molecular complexity index is 791. The molecule has 0 saturated carbocycles. The van der Waals surface area contributed by atoms with E-state index in [1.54, 1.807) is 13.2 Å². The lowest BCUT2D eigenvalue weighted by molar-refractivity contribution is 0.0963. The van der Waals surface area contributed by atoms with Crippen molar-refractivity contribution in [1.82, 2.24) is 19.9 Å². The van der Waals surface area contributed by atoms with Crippen LogP contribution in [0.2, 0.25) is 0 Å². The van der Waals surface area contributed by atoms with Crippen LogP contribution in [0.4, 0.5) is 0 Å². The fourth-order valence-electron chi connectivity index (χ4n) is 2.38. The summed E-state index contributed by atoms with van der Waals surface area (Å²) in [6.45, 7) is 0. The zero-order valence-corrected chi connectivity index (χ0v) is 11.3. The standard InChI is InChI=1S/C15H14N4O/c1-16-15(20)11-7-17-9-18-14(11)12-8-19(2)13-6-4-3-5-10(12)13/h3-9H,1-2H3,(H,16,20). The predicted molar refractivity (Wildman–Crippen MR) is 77.3 cm³/mol. The van der Waals surface area contributed by atoms with Crippen LogP contribution in [-0.4, -0.2) is 27.5 Å². The van der Waals surface area contributed by atoms with Gasteiger partial charge in [0.2, 0.25) is 0 Å². The number of amides is 1. The number of hydrogen-bond acceptors (Lipinski definition) is 3. The van der Waals surface area contributed by atoms with E-state index in [0.717, 1.165) is 16.5 Å². The Balaban J connectivity index is 2.29. The van der Waals surface area contributed by atoms with E-state index in [-0.39, 0.29) is 5.91 Å². The maximum Gasteiger partial charge on any atom is 0.254 e. The van der Waals surface area contributed by atoms with Gasteiger partial charge in [-0.05, 0) is 6.07 Å². The van der Waals surface area contributed by atoms with Crippen LogP contribution < -0.4 is 5.32 Å². The van der Waals surface area contributed by atoms with Crippen molar-refractivity contribution >= 4 is 16.8 Å². The highest BCUT2D eigenvalue weighted by molar-refractivity contribution is 6.04. The number of benzene rings is 1. The second-order valence-electron chi connectivity index (χ2n) is 4.53. The van der Waals surface area contributed by atoms with Crippen molar-refractivity contribution in [2.45, 2.75) is 0 Å². The molecular formula is C15H14N4O. The minimum atomic E-state index is -0.187. The van der Waals surface area contributed by atoms with Gasteiger partial charge in [-0.3, -0.25) is 4.79 Å². The minimum absolute atomic E-state index is 0.187. The van der Waals surface area contributed by atoms with Crippen LogP contribution >= 0.6 is 0 Å². The number of aromatic nitrogens is 3. The van der Waals surface area contributed by atoms with Gasteiger partial charge in [0.1, 0.15) is 6.33 Å². The van der Waals surface area contributed by atoms with Crippen molar-refractivity contribution in [3.63, 3.8) is 0 Å². The van der Waals surface area contributed by atoms with E-state index < -0.39 is 0 Å². The molecule has 2 aromatic heterocycles. The summed E-state index contributed by atoms with van der Waals surface area (Å²) in [5.74, 6) is -0.187. The van der Waals surface area contributed by atoms with Gasteiger partial charge in [-0.1, -0.05) is 18.2 Å². The summed E-state index contributed by atoms with van der Waals surface area (Å²) >= 11 is 0. The molecule has 0 spiro atoms. The first kappa shape index (κ1) is 12.3. The highest BCUT2D eigenvalue weighted by Crippen LogP contribution is 2.30. The maximum atomic E-state index is 12.0. The Hall–Kier alpha value is -2.69. The van der Waals surface area contributed by atoms with Gasteiger partial charge in [0.15, 0.2) is 0 Å². The van der Waals surface area contributed by atoms with Crippen molar-refractivity contribution in [1.29, 1.82) is 0 Å². The number of carbonyl (C=O) groups is 1. The lowest BCUT2D eigenvalue weighted by atomic mass is 10.1. The Labute approximate surface area is 116 Å². The van der Waals surface area contributed by atoms with Gasteiger partial charge in [0.25, 0.3) is 5.91 Å². The fraction of sp³-hybridized carbons (Fsp3) is 0.133. The van der Waals surface area contributed by atoms with Crippen molar-refractivity contribution in [3.8, 4) is 11.3 Å². The molecule has 5 heteroatoms. The second kappa shape index (κ2) is 4.77. The van der Waals surface area contributed by atoms with Crippen LogP contribution in [0.5, 0.6) is 0 Å². The average molecular weight is 266 g/mol. The largest absolute Gasteiger partial charge is 0.355 e. The number of carbonyl (C=O) groups excluding carboxylic acids is 1. The summed E-state index contributed by atoms with van der Waals surface area (Å²) < 4.78 is 2.03.